The van der Waals surface area contributed by atoms with E-state index in [0.717, 1.165) is 36.1 Å². The summed E-state index contributed by atoms with van der Waals surface area (Å²) in [4.78, 5) is 25.0. The lowest BCUT2D eigenvalue weighted by Crippen LogP contribution is -2.49. The molecule has 1 aromatic carbocycles. The zero-order chi connectivity index (χ0) is 18.5. The van der Waals surface area contributed by atoms with E-state index < -0.39 is 0 Å². The number of H-pyrrole nitrogens is 1. The van der Waals surface area contributed by atoms with E-state index in [9.17, 15) is 4.79 Å². The number of fused-ring (bicyclic) bond motifs is 1. The van der Waals surface area contributed by atoms with E-state index in [2.05, 4.69) is 32.2 Å². The van der Waals surface area contributed by atoms with Crippen molar-refractivity contribution >= 4 is 16.8 Å². The maximum Gasteiger partial charge on any atom is 0.270 e. The van der Waals surface area contributed by atoms with Crippen LogP contribution in [-0.4, -0.2) is 57.5 Å². The molecule has 1 aliphatic heterocycles. The fraction of sp³-hybridized carbons (Fsp3) is 0.450. The summed E-state index contributed by atoms with van der Waals surface area (Å²) in [6, 6.07) is 8.04. The van der Waals surface area contributed by atoms with E-state index in [1.165, 1.54) is 5.56 Å². The summed E-state index contributed by atoms with van der Waals surface area (Å²) in [6.07, 6.45) is 2.29. The number of amides is 1. The van der Waals surface area contributed by atoms with Gasteiger partial charge in [0.15, 0.2) is 5.82 Å². The molecule has 2 aromatic heterocycles. The number of rotatable bonds is 3. The summed E-state index contributed by atoms with van der Waals surface area (Å²) in [6.45, 7) is 4.06. The van der Waals surface area contributed by atoms with Crippen molar-refractivity contribution in [1.82, 2.24) is 24.9 Å². The number of aromatic nitrogens is 3. The lowest BCUT2D eigenvalue weighted by atomic mass is 10.1. The number of nitrogens with one attached hydrogen (secondary N) is 1. The monoisotopic (exact) mass is 365 g/mol. The second kappa shape index (κ2) is 6.20. The van der Waals surface area contributed by atoms with Crippen LogP contribution >= 0.6 is 0 Å². The first kappa shape index (κ1) is 16.5. The third-order valence-corrected chi connectivity index (χ3v) is 5.63. The highest BCUT2D eigenvalue weighted by atomic mass is 16.5. The number of nitrogens with zero attached hydrogens (tertiary/aromatic N) is 4. The molecule has 1 amide bonds. The number of aryl methyl sites for hydroxylation is 1. The molecule has 3 heterocycles. The summed E-state index contributed by atoms with van der Waals surface area (Å²) in [5.74, 6) is 1.91. The summed E-state index contributed by atoms with van der Waals surface area (Å²) >= 11 is 0. The SMILES string of the molecule is Cc1ccc2cc(C(=O)N3CCN(C)C(c4nc(C5CC5)no4)C3)[nH]c2c1. The lowest BCUT2D eigenvalue weighted by Gasteiger charge is -2.37. The second-order valence-electron chi connectivity index (χ2n) is 7.79. The zero-order valence-electron chi connectivity index (χ0n) is 15.6. The van der Waals surface area contributed by atoms with Gasteiger partial charge in [0, 0.05) is 36.5 Å². The molecule has 1 saturated carbocycles. The first-order valence-corrected chi connectivity index (χ1v) is 9.51. The molecule has 5 rings (SSSR count). The Bertz CT molecular complexity index is 1000. The summed E-state index contributed by atoms with van der Waals surface area (Å²) in [5, 5.41) is 5.19. The Balaban J connectivity index is 1.37. The number of piperazine rings is 1. The first-order valence-electron chi connectivity index (χ1n) is 9.51. The number of hydrogen-bond acceptors (Lipinski definition) is 5. The molecule has 1 N–H and O–H groups in total. The number of carbonyl (C=O) groups excluding carboxylic acids is 1. The first-order chi connectivity index (χ1) is 13.1. The van der Waals surface area contributed by atoms with E-state index in [4.69, 9.17) is 4.52 Å². The van der Waals surface area contributed by atoms with Crippen molar-refractivity contribution in [3.63, 3.8) is 0 Å². The molecule has 140 valence electrons. The molecule has 7 heteroatoms. The largest absolute Gasteiger partial charge is 0.351 e. The minimum atomic E-state index is -0.0608. The number of carbonyl (C=O) groups is 1. The van der Waals surface area contributed by atoms with Crippen LogP contribution in [0.2, 0.25) is 0 Å². The van der Waals surface area contributed by atoms with Crippen LogP contribution in [-0.2, 0) is 0 Å². The Morgan fingerprint density at radius 3 is 2.93 bits per heavy atom. The molecule has 1 atom stereocenters. The van der Waals surface area contributed by atoms with Crippen molar-refractivity contribution < 1.29 is 9.32 Å². The number of likely N-dealkylation sites (N-methyl/N-ethyl adjacent to an activating group) is 1. The minimum Gasteiger partial charge on any atom is -0.351 e. The topological polar surface area (TPSA) is 78.3 Å². The van der Waals surface area contributed by atoms with E-state index in [1.807, 2.05) is 31.0 Å². The van der Waals surface area contributed by atoms with Gasteiger partial charge in [-0.3, -0.25) is 9.69 Å². The molecule has 3 aromatic rings. The summed E-state index contributed by atoms with van der Waals surface area (Å²) in [7, 11) is 2.04. The van der Waals surface area contributed by atoms with Crippen molar-refractivity contribution in [2.45, 2.75) is 31.7 Å². The number of hydrogen-bond donors (Lipinski definition) is 1. The number of aromatic amines is 1. The van der Waals surface area contributed by atoms with Crippen molar-refractivity contribution in [3.8, 4) is 0 Å². The Morgan fingerprint density at radius 2 is 2.11 bits per heavy atom. The average Bonchev–Trinajstić information content (AvgIpc) is 3.24. The smallest absolute Gasteiger partial charge is 0.270 e. The molecule has 2 fully saturated rings. The highest BCUT2D eigenvalue weighted by molar-refractivity contribution is 5.98. The summed E-state index contributed by atoms with van der Waals surface area (Å²) in [5.41, 5.74) is 2.80. The highest BCUT2D eigenvalue weighted by Crippen LogP contribution is 2.39. The van der Waals surface area contributed by atoms with Gasteiger partial charge in [0.25, 0.3) is 5.91 Å². The Morgan fingerprint density at radius 1 is 1.26 bits per heavy atom. The van der Waals surface area contributed by atoms with Crippen LogP contribution in [0, 0.1) is 6.92 Å². The molecule has 7 nitrogen and oxygen atoms in total. The van der Waals surface area contributed by atoms with Crippen LogP contribution in [0.15, 0.2) is 28.8 Å². The van der Waals surface area contributed by atoms with E-state index >= 15 is 0 Å². The molecule has 2 aliphatic rings. The standard InChI is InChI=1S/C20H23N5O2/c1-12-3-4-14-10-16(21-15(14)9-12)20(26)25-8-7-24(2)17(11-25)19-22-18(23-27-19)13-5-6-13/h3-4,9-10,13,17,21H,5-8,11H2,1-2H3. The van der Waals surface area contributed by atoms with Gasteiger partial charge in [-0.2, -0.15) is 4.98 Å². The van der Waals surface area contributed by atoms with Gasteiger partial charge in [0.05, 0.1) is 0 Å². The third kappa shape index (κ3) is 3.02. The van der Waals surface area contributed by atoms with Crippen LogP contribution < -0.4 is 0 Å². The van der Waals surface area contributed by atoms with Crippen molar-refractivity contribution in [2.75, 3.05) is 26.7 Å². The van der Waals surface area contributed by atoms with Gasteiger partial charge in [-0.25, -0.2) is 0 Å². The predicted octanol–water partition coefficient (Wildman–Crippen LogP) is 2.87. The maximum absolute atomic E-state index is 13.1. The maximum atomic E-state index is 13.1. The molecule has 0 bridgehead atoms. The zero-order valence-corrected chi connectivity index (χ0v) is 15.6. The van der Waals surface area contributed by atoms with Crippen molar-refractivity contribution in [2.24, 2.45) is 0 Å². The molecule has 1 saturated heterocycles. The third-order valence-electron chi connectivity index (χ3n) is 5.63. The Kier molecular flexibility index (Phi) is 3.79. The van der Waals surface area contributed by atoms with Crippen LogP contribution in [0.5, 0.6) is 0 Å². The van der Waals surface area contributed by atoms with E-state index in [-0.39, 0.29) is 11.9 Å². The molecular formula is C20H23N5O2. The Hall–Kier alpha value is -2.67. The predicted molar refractivity (Wildman–Crippen MR) is 101 cm³/mol. The minimum absolute atomic E-state index is 0.0175. The fourth-order valence-electron chi connectivity index (χ4n) is 3.74. The molecule has 27 heavy (non-hydrogen) atoms. The lowest BCUT2D eigenvalue weighted by molar-refractivity contribution is 0.0484. The molecular weight excluding hydrogens is 342 g/mol. The van der Waals surface area contributed by atoms with Crippen LogP contribution in [0.1, 0.15) is 52.6 Å². The van der Waals surface area contributed by atoms with Crippen molar-refractivity contribution in [1.29, 1.82) is 0 Å². The quantitative estimate of drug-likeness (QED) is 0.772. The van der Waals surface area contributed by atoms with Crippen molar-refractivity contribution in [3.05, 3.63) is 47.2 Å². The van der Waals surface area contributed by atoms with Gasteiger partial charge in [0.2, 0.25) is 5.89 Å². The summed E-state index contributed by atoms with van der Waals surface area (Å²) < 4.78 is 5.52. The fourth-order valence-corrected chi connectivity index (χ4v) is 3.74. The highest BCUT2D eigenvalue weighted by Gasteiger charge is 2.35. The second-order valence-corrected chi connectivity index (χ2v) is 7.79. The van der Waals surface area contributed by atoms with Crippen LogP contribution in [0.25, 0.3) is 10.9 Å². The normalized spacial score (nSPS) is 21.1. The van der Waals surface area contributed by atoms with Crippen LogP contribution in [0.3, 0.4) is 0 Å². The van der Waals surface area contributed by atoms with Gasteiger partial charge in [-0.15, -0.1) is 0 Å². The van der Waals surface area contributed by atoms with Gasteiger partial charge in [0.1, 0.15) is 11.7 Å². The van der Waals surface area contributed by atoms with Gasteiger partial charge in [-0.05, 0) is 44.5 Å². The molecule has 1 aliphatic carbocycles. The van der Waals surface area contributed by atoms with Gasteiger partial charge in [-0.1, -0.05) is 17.3 Å². The Labute approximate surface area is 157 Å². The average molecular weight is 365 g/mol. The van der Waals surface area contributed by atoms with Gasteiger partial charge >= 0.3 is 0 Å². The molecule has 1 unspecified atom stereocenters. The molecule has 0 radical (unpaired) electrons. The van der Waals surface area contributed by atoms with Crippen LogP contribution in [0.4, 0.5) is 0 Å². The van der Waals surface area contributed by atoms with Gasteiger partial charge < -0.3 is 14.4 Å². The van der Waals surface area contributed by atoms with E-state index in [0.29, 0.717) is 30.6 Å². The van der Waals surface area contributed by atoms with E-state index in [1.54, 1.807) is 0 Å². The number of benzene rings is 1. The molecule has 0 spiro atoms.